The van der Waals surface area contributed by atoms with E-state index in [4.69, 9.17) is 0 Å². The van der Waals surface area contributed by atoms with Crippen molar-refractivity contribution >= 4 is 11.6 Å². The zero-order valence-electron chi connectivity index (χ0n) is 9.06. The van der Waals surface area contributed by atoms with Gasteiger partial charge < -0.3 is 0 Å². The fraction of sp³-hybridized carbons (Fsp3) is 0.429. The van der Waals surface area contributed by atoms with Crippen molar-refractivity contribution in [1.29, 1.82) is 0 Å². The van der Waals surface area contributed by atoms with Gasteiger partial charge in [0.05, 0.1) is 0 Å². The third-order valence-electron chi connectivity index (χ3n) is 4.41. The molecule has 0 spiro atoms. The van der Waals surface area contributed by atoms with Gasteiger partial charge in [-0.2, -0.15) is 0 Å². The van der Waals surface area contributed by atoms with Crippen LogP contribution in [0.2, 0.25) is 0 Å². The van der Waals surface area contributed by atoms with Gasteiger partial charge in [-0.1, -0.05) is 0 Å². The Bertz CT molecular complexity index is 505. The second-order valence-corrected chi connectivity index (χ2v) is 5.07. The maximum atomic E-state index is 11.7. The summed E-state index contributed by atoms with van der Waals surface area (Å²) in [5, 5.41) is 0. The van der Waals surface area contributed by atoms with Crippen LogP contribution in [0.1, 0.15) is 38.5 Å². The average Bonchev–Trinajstić information content (AvgIpc) is 2.92. The largest absolute Gasteiger partial charge is 0.295 e. The molecule has 0 aromatic rings. The van der Waals surface area contributed by atoms with E-state index in [9.17, 15) is 9.59 Å². The predicted molar refractivity (Wildman–Crippen MR) is 58.8 cm³/mol. The van der Waals surface area contributed by atoms with Crippen LogP contribution in [-0.2, 0) is 9.59 Å². The number of hydrogen-bond acceptors (Lipinski definition) is 2. The highest BCUT2D eigenvalue weighted by Crippen LogP contribution is 2.52. The summed E-state index contributed by atoms with van der Waals surface area (Å²) >= 11 is 0. The number of ketones is 2. The lowest BCUT2D eigenvalue weighted by molar-refractivity contribution is -0.115. The quantitative estimate of drug-likeness (QED) is 0.618. The van der Waals surface area contributed by atoms with Crippen LogP contribution in [0.3, 0.4) is 0 Å². The van der Waals surface area contributed by atoms with Crippen molar-refractivity contribution < 1.29 is 9.59 Å². The van der Waals surface area contributed by atoms with Crippen LogP contribution in [0, 0.1) is 0 Å². The molecule has 2 heteroatoms. The predicted octanol–water partition coefficient (Wildman–Crippen LogP) is 2.41. The SMILES string of the molecule is O=C1CCC2=C1CC1=C2CC2=C1CCC2=O. The van der Waals surface area contributed by atoms with Crippen LogP contribution in [0.15, 0.2) is 33.4 Å². The number of hydrogen-bond donors (Lipinski definition) is 0. The minimum absolute atomic E-state index is 0.343. The first-order valence-corrected chi connectivity index (χ1v) is 5.99. The molecule has 80 valence electrons. The molecule has 4 aliphatic carbocycles. The number of carbonyl (C=O) groups excluding carboxylic acids is 2. The lowest BCUT2D eigenvalue weighted by Gasteiger charge is -2.04. The van der Waals surface area contributed by atoms with Crippen LogP contribution < -0.4 is 0 Å². The molecule has 0 amide bonds. The second-order valence-electron chi connectivity index (χ2n) is 5.07. The molecule has 0 aromatic carbocycles. The first-order valence-electron chi connectivity index (χ1n) is 5.99. The minimum atomic E-state index is 0.343. The van der Waals surface area contributed by atoms with Gasteiger partial charge in [-0.05, 0) is 35.1 Å². The maximum Gasteiger partial charge on any atom is 0.159 e. The molecule has 0 atom stereocenters. The van der Waals surface area contributed by atoms with E-state index in [1.165, 1.54) is 22.3 Å². The summed E-state index contributed by atoms with van der Waals surface area (Å²) < 4.78 is 0. The molecule has 0 fully saturated rings. The Morgan fingerprint density at radius 2 is 0.938 bits per heavy atom. The molecule has 0 heterocycles. The maximum absolute atomic E-state index is 11.7. The van der Waals surface area contributed by atoms with Crippen molar-refractivity contribution in [3.05, 3.63) is 33.4 Å². The molecule has 0 aromatic heterocycles. The third-order valence-corrected chi connectivity index (χ3v) is 4.41. The lowest BCUT2D eigenvalue weighted by atomic mass is 9.99. The molecule has 0 saturated carbocycles. The van der Waals surface area contributed by atoms with Crippen LogP contribution in [0.25, 0.3) is 0 Å². The molecule has 0 aliphatic heterocycles. The summed E-state index contributed by atoms with van der Waals surface area (Å²) in [6.07, 6.45) is 4.88. The van der Waals surface area contributed by atoms with E-state index in [1.807, 2.05) is 0 Å². The van der Waals surface area contributed by atoms with Crippen molar-refractivity contribution in [1.82, 2.24) is 0 Å². The Kier molecular flexibility index (Phi) is 1.42. The number of carbonyl (C=O) groups is 2. The van der Waals surface area contributed by atoms with Gasteiger partial charge in [0, 0.05) is 36.8 Å². The Hall–Kier alpha value is -1.44. The number of fused-ring (bicyclic) bond motifs is 2. The minimum Gasteiger partial charge on any atom is -0.295 e. The molecule has 0 saturated heterocycles. The molecule has 4 rings (SSSR count). The monoisotopic (exact) mass is 212 g/mol. The lowest BCUT2D eigenvalue weighted by Crippen LogP contribution is -1.97. The summed E-state index contributed by atoms with van der Waals surface area (Å²) in [5.41, 5.74) is 7.41. The molecular weight excluding hydrogens is 200 g/mol. The van der Waals surface area contributed by atoms with Crippen molar-refractivity contribution in [2.24, 2.45) is 0 Å². The van der Waals surface area contributed by atoms with Gasteiger partial charge in [0.25, 0.3) is 0 Å². The van der Waals surface area contributed by atoms with Crippen LogP contribution in [-0.4, -0.2) is 11.6 Å². The highest BCUT2D eigenvalue weighted by molar-refractivity contribution is 6.06. The summed E-state index contributed by atoms with van der Waals surface area (Å²) in [4.78, 5) is 23.4. The number of Topliss-reactive ketones (excluding diaryl/α,β-unsaturated/α-hetero) is 2. The van der Waals surface area contributed by atoms with E-state index in [2.05, 4.69) is 0 Å². The fourth-order valence-electron chi connectivity index (χ4n) is 3.64. The van der Waals surface area contributed by atoms with E-state index in [0.717, 1.165) is 36.8 Å². The van der Waals surface area contributed by atoms with Gasteiger partial charge in [-0.15, -0.1) is 0 Å². The van der Waals surface area contributed by atoms with E-state index in [-0.39, 0.29) is 0 Å². The molecule has 16 heavy (non-hydrogen) atoms. The van der Waals surface area contributed by atoms with Gasteiger partial charge in [0.1, 0.15) is 0 Å². The molecule has 0 N–H and O–H groups in total. The van der Waals surface area contributed by atoms with Crippen molar-refractivity contribution in [2.45, 2.75) is 38.5 Å². The Morgan fingerprint density at radius 1 is 0.500 bits per heavy atom. The van der Waals surface area contributed by atoms with Gasteiger partial charge in [0.2, 0.25) is 0 Å². The van der Waals surface area contributed by atoms with Crippen molar-refractivity contribution in [2.75, 3.05) is 0 Å². The van der Waals surface area contributed by atoms with Crippen LogP contribution in [0.5, 0.6) is 0 Å². The summed E-state index contributed by atoms with van der Waals surface area (Å²) in [6, 6.07) is 0. The molecule has 0 radical (unpaired) electrons. The summed E-state index contributed by atoms with van der Waals surface area (Å²) in [5.74, 6) is 0.687. The van der Waals surface area contributed by atoms with Gasteiger partial charge in [0.15, 0.2) is 11.6 Å². The van der Waals surface area contributed by atoms with Gasteiger partial charge in [-0.25, -0.2) is 0 Å². The second kappa shape index (κ2) is 2.62. The number of allylic oxidation sites excluding steroid dienone is 6. The number of rotatable bonds is 0. The smallest absolute Gasteiger partial charge is 0.159 e. The van der Waals surface area contributed by atoms with Gasteiger partial charge in [-0.3, -0.25) is 9.59 Å². The Balaban J connectivity index is 1.79. The first-order chi connectivity index (χ1) is 7.75. The van der Waals surface area contributed by atoms with Crippen LogP contribution in [0.4, 0.5) is 0 Å². The summed E-state index contributed by atoms with van der Waals surface area (Å²) in [6.45, 7) is 0. The first kappa shape index (κ1) is 8.68. The van der Waals surface area contributed by atoms with E-state index in [0.29, 0.717) is 24.4 Å². The van der Waals surface area contributed by atoms with E-state index >= 15 is 0 Å². The molecule has 0 bridgehead atoms. The topological polar surface area (TPSA) is 34.1 Å². The van der Waals surface area contributed by atoms with Crippen molar-refractivity contribution in [3.63, 3.8) is 0 Å². The molecule has 0 unspecified atom stereocenters. The highest BCUT2D eigenvalue weighted by atomic mass is 16.1. The fourth-order valence-corrected chi connectivity index (χ4v) is 3.64. The molecular formula is C14H12O2. The van der Waals surface area contributed by atoms with Crippen molar-refractivity contribution in [3.8, 4) is 0 Å². The zero-order chi connectivity index (χ0) is 10.9. The third kappa shape index (κ3) is 0.845. The van der Waals surface area contributed by atoms with E-state index < -0.39 is 0 Å². The normalized spacial score (nSPS) is 27.2. The summed E-state index contributed by atoms with van der Waals surface area (Å²) in [7, 11) is 0. The van der Waals surface area contributed by atoms with Crippen LogP contribution >= 0.6 is 0 Å². The Morgan fingerprint density at radius 3 is 1.38 bits per heavy atom. The highest BCUT2D eigenvalue weighted by Gasteiger charge is 2.41. The molecule has 2 nitrogen and oxygen atoms in total. The Labute approximate surface area is 93.7 Å². The molecule has 4 aliphatic rings. The average molecular weight is 212 g/mol. The van der Waals surface area contributed by atoms with E-state index in [1.54, 1.807) is 0 Å². The van der Waals surface area contributed by atoms with Gasteiger partial charge >= 0.3 is 0 Å². The standard InChI is InChI=1S/C14H12O2/c15-13-3-1-7-9-5-12-8(2-4-14(12)16)10(9)6-11(7)13/h1-6H2. The zero-order valence-corrected chi connectivity index (χ0v) is 9.06.